The highest BCUT2D eigenvalue weighted by Gasteiger charge is 2.40. The topological polar surface area (TPSA) is 94.2 Å². The first-order chi connectivity index (χ1) is 17.5. The average molecular weight is 485 g/mol. The van der Waals surface area contributed by atoms with E-state index >= 15 is 0 Å². The minimum atomic E-state index is -0.547. The highest BCUT2D eigenvalue weighted by molar-refractivity contribution is 5.95. The number of carbonyl (C=O) groups is 1. The maximum Gasteiger partial charge on any atom is 0.332 e. The Bertz CT molecular complexity index is 1550. The number of nitrogens with zero attached hydrogens (tertiary/aromatic N) is 5. The van der Waals surface area contributed by atoms with Crippen LogP contribution in [-0.2, 0) is 20.1 Å². The highest BCUT2D eigenvalue weighted by Crippen LogP contribution is 2.33. The van der Waals surface area contributed by atoms with E-state index in [-0.39, 0.29) is 12.3 Å². The van der Waals surface area contributed by atoms with Crippen LogP contribution in [-0.4, -0.2) is 50.1 Å². The summed E-state index contributed by atoms with van der Waals surface area (Å²) < 4.78 is 4.35. The zero-order chi connectivity index (χ0) is 24.8. The van der Waals surface area contributed by atoms with Gasteiger partial charge < -0.3 is 10.2 Å². The lowest BCUT2D eigenvalue weighted by Crippen LogP contribution is -2.41. The summed E-state index contributed by atoms with van der Waals surface area (Å²) in [6.45, 7) is 2.81. The van der Waals surface area contributed by atoms with E-state index in [4.69, 9.17) is 4.98 Å². The first-order valence-electron chi connectivity index (χ1n) is 12.3. The van der Waals surface area contributed by atoms with Gasteiger partial charge in [-0.1, -0.05) is 60.7 Å². The molecule has 2 aromatic heterocycles. The van der Waals surface area contributed by atoms with Gasteiger partial charge in [-0.15, -0.1) is 0 Å². The fourth-order valence-corrected chi connectivity index (χ4v) is 5.59. The third kappa shape index (κ3) is 3.67. The summed E-state index contributed by atoms with van der Waals surface area (Å²) in [6.07, 6.45) is 1.06. The van der Waals surface area contributed by atoms with Gasteiger partial charge in [-0.05, 0) is 17.9 Å². The predicted molar refractivity (Wildman–Crippen MR) is 138 cm³/mol. The van der Waals surface area contributed by atoms with E-state index in [1.165, 1.54) is 4.57 Å². The van der Waals surface area contributed by atoms with Crippen molar-refractivity contribution in [3.8, 4) is 0 Å². The first-order valence-corrected chi connectivity index (χ1v) is 12.3. The molecular weight excluding hydrogens is 456 g/mol. The Hall–Kier alpha value is -3.98. The van der Waals surface area contributed by atoms with Gasteiger partial charge in [0.2, 0.25) is 5.95 Å². The highest BCUT2D eigenvalue weighted by atomic mass is 16.2. The van der Waals surface area contributed by atoms with E-state index in [0.717, 1.165) is 36.2 Å². The normalized spacial score (nSPS) is 19.2. The van der Waals surface area contributed by atoms with Crippen LogP contribution in [0.25, 0.3) is 11.2 Å². The van der Waals surface area contributed by atoms with Gasteiger partial charge in [0.25, 0.3) is 5.56 Å². The van der Waals surface area contributed by atoms with Crippen LogP contribution in [0.15, 0.2) is 70.3 Å². The van der Waals surface area contributed by atoms with Gasteiger partial charge in [0.1, 0.15) is 0 Å². The largest absolute Gasteiger partial charge is 0.338 e. The second kappa shape index (κ2) is 8.91. The Morgan fingerprint density at radius 1 is 1.00 bits per heavy atom. The summed E-state index contributed by atoms with van der Waals surface area (Å²) >= 11 is 0. The molecule has 0 spiro atoms. The van der Waals surface area contributed by atoms with Crippen molar-refractivity contribution in [3.05, 3.63) is 92.6 Å². The van der Waals surface area contributed by atoms with Crippen LogP contribution < -0.4 is 21.5 Å². The smallest absolute Gasteiger partial charge is 0.332 e. The van der Waals surface area contributed by atoms with E-state index in [1.807, 2.05) is 41.0 Å². The molecule has 4 heterocycles. The van der Waals surface area contributed by atoms with Crippen molar-refractivity contribution in [1.29, 1.82) is 0 Å². The number of fused-ring (bicyclic) bond motifs is 2. The summed E-state index contributed by atoms with van der Waals surface area (Å²) in [6, 6.07) is 18.9. The van der Waals surface area contributed by atoms with Crippen molar-refractivity contribution < 1.29 is 4.79 Å². The molecule has 1 N–H and O–H groups in total. The molecule has 2 atom stereocenters. The summed E-state index contributed by atoms with van der Waals surface area (Å²) in [5, 5.41) is 3.47. The molecule has 2 aromatic carbocycles. The van der Waals surface area contributed by atoms with Crippen LogP contribution >= 0.6 is 0 Å². The lowest BCUT2D eigenvalue weighted by molar-refractivity contribution is 0.0969. The van der Waals surface area contributed by atoms with Crippen molar-refractivity contribution in [3.63, 3.8) is 0 Å². The molecule has 0 amide bonds. The van der Waals surface area contributed by atoms with Crippen molar-refractivity contribution in [1.82, 2.24) is 24.0 Å². The molecule has 2 aliphatic heterocycles. The summed E-state index contributed by atoms with van der Waals surface area (Å²) in [4.78, 5) is 47.2. The molecular formula is C27H28N6O3. The number of Topliss-reactive ketones (excluding diaryl/α,β-unsaturated/α-hetero) is 1. The van der Waals surface area contributed by atoms with Crippen molar-refractivity contribution in [2.75, 3.05) is 24.5 Å². The number of hydrogen-bond donors (Lipinski definition) is 1. The van der Waals surface area contributed by atoms with E-state index in [0.29, 0.717) is 41.2 Å². The molecule has 0 aliphatic carbocycles. The number of imidazole rings is 1. The van der Waals surface area contributed by atoms with E-state index in [2.05, 4.69) is 10.2 Å². The molecule has 4 aromatic rings. The fourth-order valence-electron chi connectivity index (χ4n) is 5.59. The number of carbonyl (C=O) groups excluding carboxylic acids is 1. The molecule has 6 rings (SSSR count). The monoisotopic (exact) mass is 484 g/mol. The molecule has 9 heteroatoms. The second-order valence-corrected chi connectivity index (χ2v) is 9.65. The minimum absolute atomic E-state index is 0.289. The summed E-state index contributed by atoms with van der Waals surface area (Å²) in [7, 11) is 1.61. The zero-order valence-electron chi connectivity index (χ0n) is 20.1. The number of benzene rings is 2. The van der Waals surface area contributed by atoms with E-state index in [1.54, 1.807) is 31.3 Å². The molecule has 2 saturated heterocycles. The van der Waals surface area contributed by atoms with Crippen LogP contribution in [0.1, 0.15) is 22.3 Å². The SMILES string of the molecule is Cn1c(=O)n(CC(=O)c2ccccc2)c(=O)c2c1nc(N1CCC3CNCC31)n2Cc1ccccc1. The number of ketones is 1. The van der Waals surface area contributed by atoms with Crippen LogP contribution in [0, 0.1) is 5.92 Å². The average Bonchev–Trinajstić information content (AvgIpc) is 3.62. The predicted octanol–water partition coefficient (Wildman–Crippen LogP) is 1.63. The van der Waals surface area contributed by atoms with Crippen LogP contribution in [0.2, 0.25) is 0 Å². The molecule has 0 bridgehead atoms. The molecule has 0 radical (unpaired) electrons. The second-order valence-electron chi connectivity index (χ2n) is 9.65. The number of aromatic nitrogens is 4. The molecule has 0 saturated carbocycles. The third-order valence-electron chi connectivity index (χ3n) is 7.50. The number of rotatable bonds is 6. The lowest BCUT2D eigenvalue weighted by Gasteiger charge is -2.25. The van der Waals surface area contributed by atoms with Crippen molar-refractivity contribution in [2.24, 2.45) is 13.0 Å². The maximum atomic E-state index is 13.8. The Labute approximate surface area is 207 Å². The van der Waals surface area contributed by atoms with Gasteiger partial charge in [-0.2, -0.15) is 4.98 Å². The van der Waals surface area contributed by atoms with Crippen LogP contribution in [0.5, 0.6) is 0 Å². The minimum Gasteiger partial charge on any atom is -0.338 e. The Morgan fingerprint density at radius 3 is 2.47 bits per heavy atom. The van der Waals surface area contributed by atoms with Gasteiger partial charge in [-0.25, -0.2) is 4.79 Å². The van der Waals surface area contributed by atoms with Crippen LogP contribution in [0.4, 0.5) is 5.95 Å². The third-order valence-corrected chi connectivity index (χ3v) is 7.50. The Kier molecular flexibility index (Phi) is 5.56. The van der Waals surface area contributed by atoms with Gasteiger partial charge in [0.05, 0.1) is 13.1 Å². The quantitative estimate of drug-likeness (QED) is 0.418. The maximum absolute atomic E-state index is 13.8. The van der Waals surface area contributed by atoms with Crippen molar-refractivity contribution >= 4 is 22.9 Å². The lowest BCUT2D eigenvalue weighted by atomic mass is 10.1. The fraction of sp³-hybridized carbons (Fsp3) is 0.333. The Morgan fingerprint density at radius 2 is 1.72 bits per heavy atom. The standard InChI is InChI=1S/C27H28N6O3/c1-30-24-23(25(35)33(27(30)36)17-22(34)19-10-6-3-7-11-19)32(16-18-8-4-2-5-9-18)26(29-24)31-13-12-20-14-28-15-21(20)31/h2-11,20-21,28H,12-17H2,1H3. The van der Waals surface area contributed by atoms with E-state index < -0.39 is 11.2 Å². The Balaban J connectivity index is 1.53. The van der Waals surface area contributed by atoms with Crippen LogP contribution in [0.3, 0.4) is 0 Å². The summed E-state index contributed by atoms with van der Waals surface area (Å²) in [5.74, 6) is 0.950. The van der Waals surface area contributed by atoms with Gasteiger partial charge in [0, 0.05) is 38.3 Å². The molecule has 2 aliphatic rings. The molecule has 2 unspecified atom stereocenters. The number of nitrogens with one attached hydrogen (secondary N) is 1. The van der Waals surface area contributed by atoms with Gasteiger partial charge in [0.15, 0.2) is 16.9 Å². The molecule has 36 heavy (non-hydrogen) atoms. The number of anilines is 1. The van der Waals surface area contributed by atoms with Crippen molar-refractivity contribution in [2.45, 2.75) is 25.6 Å². The van der Waals surface area contributed by atoms with Gasteiger partial charge >= 0.3 is 5.69 Å². The number of hydrogen-bond acceptors (Lipinski definition) is 6. The van der Waals surface area contributed by atoms with E-state index in [9.17, 15) is 14.4 Å². The first kappa shape index (κ1) is 22.5. The molecule has 9 nitrogen and oxygen atoms in total. The van der Waals surface area contributed by atoms with Gasteiger partial charge in [-0.3, -0.25) is 23.3 Å². The zero-order valence-corrected chi connectivity index (χ0v) is 20.1. The molecule has 184 valence electrons. The number of aryl methyl sites for hydroxylation is 1. The summed E-state index contributed by atoms with van der Waals surface area (Å²) in [5.41, 5.74) is 1.13. The molecule has 2 fully saturated rings.